The molecule has 0 aliphatic rings. The molecule has 0 saturated heterocycles. The van der Waals surface area contributed by atoms with E-state index in [9.17, 15) is 9.59 Å². The summed E-state index contributed by atoms with van der Waals surface area (Å²) in [6.45, 7) is 1.93. The third kappa shape index (κ3) is 3.47. The Bertz CT molecular complexity index is 1190. The van der Waals surface area contributed by atoms with Crippen LogP contribution in [0.1, 0.15) is 17.5 Å². The van der Waals surface area contributed by atoms with Gasteiger partial charge in [0.25, 0.3) is 5.56 Å². The fraction of sp³-hybridized carbons (Fsp3) is 0.130. The third-order valence-corrected chi connectivity index (χ3v) is 4.83. The maximum atomic E-state index is 12.4. The molecule has 2 N–H and O–H groups in total. The van der Waals surface area contributed by atoms with Crippen molar-refractivity contribution < 1.29 is 4.79 Å². The van der Waals surface area contributed by atoms with E-state index >= 15 is 0 Å². The summed E-state index contributed by atoms with van der Waals surface area (Å²) in [6, 6.07) is 21.3. The first-order chi connectivity index (χ1) is 13.1. The monoisotopic (exact) mass is 356 g/mol. The maximum Gasteiger partial charge on any atom is 0.256 e. The molecule has 4 heteroatoms. The largest absolute Gasteiger partial charge is 0.326 e. The molecule has 0 atom stereocenters. The number of fused-ring (bicyclic) bond motifs is 3. The maximum absolute atomic E-state index is 12.4. The van der Waals surface area contributed by atoms with E-state index in [-0.39, 0.29) is 11.5 Å². The van der Waals surface area contributed by atoms with Gasteiger partial charge in [0.05, 0.1) is 0 Å². The highest BCUT2D eigenvalue weighted by molar-refractivity contribution is 6.07. The van der Waals surface area contributed by atoms with Gasteiger partial charge in [-0.05, 0) is 48.1 Å². The van der Waals surface area contributed by atoms with Gasteiger partial charge in [-0.1, -0.05) is 48.5 Å². The van der Waals surface area contributed by atoms with Gasteiger partial charge in [0.2, 0.25) is 5.91 Å². The first kappa shape index (κ1) is 17.0. The summed E-state index contributed by atoms with van der Waals surface area (Å²) in [6.07, 6.45) is 1.13. The van der Waals surface area contributed by atoms with Crippen LogP contribution in [0, 0.1) is 6.92 Å². The number of carbonyl (C=O) groups excluding carboxylic acids is 1. The zero-order chi connectivity index (χ0) is 18.8. The number of pyridine rings is 1. The molecule has 1 aromatic heterocycles. The highest BCUT2D eigenvalue weighted by atomic mass is 16.1. The summed E-state index contributed by atoms with van der Waals surface area (Å²) >= 11 is 0. The van der Waals surface area contributed by atoms with Gasteiger partial charge >= 0.3 is 0 Å². The number of rotatable bonds is 4. The van der Waals surface area contributed by atoms with Crippen molar-refractivity contribution in [3.05, 3.63) is 88.2 Å². The second-order valence-corrected chi connectivity index (χ2v) is 6.75. The lowest BCUT2D eigenvalue weighted by Gasteiger charge is -2.12. The number of nitrogens with one attached hydrogen (secondary N) is 2. The first-order valence-corrected chi connectivity index (χ1v) is 9.01. The Morgan fingerprint density at radius 3 is 2.41 bits per heavy atom. The molecule has 0 bridgehead atoms. The average Bonchev–Trinajstić information content (AvgIpc) is 2.69. The van der Waals surface area contributed by atoms with Crippen LogP contribution < -0.4 is 10.9 Å². The summed E-state index contributed by atoms with van der Waals surface area (Å²) in [5, 5.41) is 5.48. The number of hydrogen-bond acceptors (Lipinski definition) is 2. The molecular weight excluding hydrogens is 336 g/mol. The molecule has 3 aromatic carbocycles. The standard InChI is InChI=1S/C23H20N2O2/c1-15-13-21-19(17-9-5-6-10-18(17)23(27)25-21)14-20(15)24-22(26)12-11-16-7-3-2-4-8-16/h2-10,13-14H,11-12H2,1H3,(H,24,26)(H,25,27). The summed E-state index contributed by atoms with van der Waals surface area (Å²) in [7, 11) is 0. The Morgan fingerprint density at radius 1 is 0.926 bits per heavy atom. The fourth-order valence-electron chi connectivity index (χ4n) is 3.39. The van der Waals surface area contributed by atoms with E-state index in [1.165, 1.54) is 0 Å². The first-order valence-electron chi connectivity index (χ1n) is 9.01. The highest BCUT2D eigenvalue weighted by Crippen LogP contribution is 2.27. The van der Waals surface area contributed by atoms with E-state index in [4.69, 9.17) is 0 Å². The Morgan fingerprint density at radius 2 is 1.63 bits per heavy atom. The lowest BCUT2D eigenvalue weighted by Crippen LogP contribution is -2.13. The number of aromatic nitrogens is 1. The van der Waals surface area contributed by atoms with Crippen LogP contribution in [0.3, 0.4) is 0 Å². The molecule has 4 nitrogen and oxygen atoms in total. The zero-order valence-corrected chi connectivity index (χ0v) is 15.1. The molecule has 4 aromatic rings. The molecular formula is C23H20N2O2. The van der Waals surface area contributed by atoms with Crippen LogP contribution >= 0.6 is 0 Å². The Hall–Kier alpha value is -3.40. The molecule has 0 unspecified atom stereocenters. The Labute approximate surface area is 156 Å². The van der Waals surface area contributed by atoms with Gasteiger partial charge in [-0.3, -0.25) is 9.59 Å². The van der Waals surface area contributed by atoms with Crippen LogP contribution in [-0.4, -0.2) is 10.9 Å². The predicted molar refractivity (Wildman–Crippen MR) is 110 cm³/mol. The van der Waals surface area contributed by atoms with Gasteiger partial charge in [0.15, 0.2) is 0 Å². The topological polar surface area (TPSA) is 62.0 Å². The molecule has 0 saturated carbocycles. The minimum absolute atomic E-state index is 0.0185. The minimum Gasteiger partial charge on any atom is -0.326 e. The molecule has 0 radical (unpaired) electrons. The molecule has 0 fully saturated rings. The smallest absolute Gasteiger partial charge is 0.256 e. The number of H-pyrrole nitrogens is 1. The number of hydrogen-bond donors (Lipinski definition) is 2. The number of benzene rings is 3. The number of amides is 1. The van der Waals surface area contributed by atoms with Crippen LogP contribution in [-0.2, 0) is 11.2 Å². The van der Waals surface area contributed by atoms with Gasteiger partial charge in [-0.15, -0.1) is 0 Å². The summed E-state index contributed by atoms with van der Waals surface area (Å²) < 4.78 is 0. The van der Waals surface area contributed by atoms with Gasteiger partial charge in [0, 0.05) is 28.4 Å². The average molecular weight is 356 g/mol. The minimum atomic E-state index is -0.0999. The van der Waals surface area contributed by atoms with Crippen molar-refractivity contribution in [2.45, 2.75) is 19.8 Å². The summed E-state index contributed by atoms with van der Waals surface area (Å²) in [5.41, 5.74) is 3.52. The molecule has 134 valence electrons. The lowest BCUT2D eigenvalue weighted by molar-refractivity contribution is -0.116. The van der Waals surface area contributed by atoms with E-state index in [0.717, 1.165) is 33.1 Å². The van der Waals surface area contributed by atoms with E-state index in [1.807, 2.05) is 73.7 Å². The van der Waals surface area contributed by atoms with Crippen LogP contribution in [0.2, 0.25) is 0 Å². The van der Waals surface area contributed by atoms with Crippen molar-refractivity contribution in [1.29, 1.82) is 0 Å². The van der Waals surface area contributed by atoms with Crippen LogP contribution in [0.25, 0.3) is 21.7 Å². The SMILES string of the molecule is Cc1cc2[nH]c(=O)c3ccccc3c2cc1NC(=O)CCc1ccccc1. The van der Waals surface area contributed by atoms with Crippen LogP contribution in [0.5, 0.6) is 0 Å². The van der Waals surface area contributed by atoms with Crippen LogP contribution in [0.15, 0.2) is 71.5 Å². The van der Waals surface area contributed by atoms with Crippen molar-refractivity contribution >= 4 is 33.3 Å². The van der Waals surface area contributed by atoms with E-state index in [0.29, 0.717) is 18.2 Å². The van der Waals surface area contributed by atoms with Crippen molar-refractivity contribution in [1.82, 2.24) is 4.98 Å². The fourth-order valence-corrected chi connectivity index (χ4v) is 3.39. The van der Waals surface area contributed by atoms with Crippen molar-refractivity contribution in [3.8, 4) is 0 Å². The molecule has 27 heavy (non-hydrogen) atoms. The number of carbonyl (C=O) groups is 1. The summed E-state index contributed by atoms with van der Waals surface area (Å²) in [5.74, 6) is -0.0185. The predicted octanol–water partition coefficient (Wildman–Crippen LogP) is 4.56. The highest BCUT2D eigenvalue weighted by Gasteiger charge is 2.10. The second kappa shape index (κ2) is 7.08. The van der Waals surface area contributed by atoms with Gasteiger partial charge < -0.3 is 10.3 Å². The molecule has 1 heterocycles. The van der Waals surface area contributed by atoms with E-state index in [2.05, 4.69) is 10.3 Å². The molecule has 1 amide bonds. The quantitative estimate of drug-likeness (QED) is 0.527. The lowest BCUT2D eigenvalue weighted by atomic mass is 10.0. The second-order valence-electron chi connectivity index (χ2n) is 6.75. The summed E-state index contributed by atoms with van der Waals surface area (Å²) in [4.78, 5) is 27.6. The normalized spacial score (nSPS) is 11.0. The van der Waals surface area contributed by atoms with Gasteiger partial charge in [-0.25, -0.2) is 0 Å². The molecule has 4 rings (SSSR count). The molecule has 0 spiro atoms. The Balaban J connectivity index is 1.64. The van der Waals surface area contributed by atoms with E-state index < -0.39 is 0 Å². The Kier molecular flexibility index (Phi) is 4.47. The van der Waals surface area contributed by atoms with E-state index in [1.54, 1.807) is 0 Å². The molecule has 0 aliphatic carbocycles. The van der Waals surface area contributed by atoms with Crippen molar-refractivity contribution in [3.63, 3.8) is 0 Å². The number of anilines is 1. The van der Waals surface area contributed by atoms with Crippen molar-refractivity contribution in [2.24, 2.45) is 0 Å². The van der Waals surface area contributed by atoms with Gasteiger partial charge in [-0.2, -0.15) is 0 Å². The van der Waals surface area contributed by atoms with Crippen LogP contribution in [0.4, 0.5) is 5.69 Å². The zero-order valence-electron chi connectivity index (χ0n) is 15.1. The third-order valence-electron chi connectivity index (χ3n) is 4.83. The number of aromatic amines is 1. The van der Waals surface area contributed by atoms with Gasteiger partial charge in [0.1, 0.15) is 0 Å². The number of aryl methyl sites for hydroxylation is 2. The van der Waals surface area contributed by atoms with Crippen molar-refractivity contribution in [2.75, 3.05) is 5.32 Å². The molecule has 0 aliphatic heterocycles.